The fourth-order valence-electron chi connectivity index (χ4n) is 19.6. The maximum Gasteiger partial charge on any atom is 0.329 e. The van der Waals surface area contributed by atoms with E-state index < -0.39 is 298 Å². The molecule has 0 spiro atoms. The Labute approximate surface area is 817 Å². The minimum atomic E-state index is -1.33. The van der Waals surface area contributed by atoms with Crippen molar-refractivity contribution in [3.8, 4) is 0 Å². The summed E-state index contributed by atoms with van der Waals surface area (Å²) in [4.78, 5) is 280. The Balaban J connectivity index is 0.789. The molecule has 0 aromatic rings. The SMILES string of the molecule is COC(=O)C1CSSCC(C(=O)OC)NC(=O)C2C3C=CC(C3)C2C(=O)NC(C(=O)OC)CSSCC(C(=O)OC)NC(=O)C2C3C=CC(C3)C2C(=O)NC(C(=O)OC)CSSCC(C(=O)OC)NC(=O)C2C3C=CC(C3)C2C(=O)NC(C(=O)OC)CSSCC(C(=O)OC)NC(=O)C2C3C=CC(C3)C2C(=O)NC(C(=O)OC)CSSCC(C(=O)OC)NC(=O)C2C3C=CC(C3)C2C(=O)N1. The summed E-state index contributed by atoms with van der Waals surface area (Å²) in [7, 11) is 21.4. The van der Waals surface area contributed by atoms with Crippen LogP contribution in [0.1, 0.15) is 32.1 Å². The summed E-state index contributed by atoms with van der Waals surface area (Å²) in [6.07, 6.45) is 19.8. The molecule has 135 heavy (non-hydrogen) atoms. The van der Waals surface area contributed by atoms with Crippen molar-refractivity contribution in [2.24, 2.45) is 118 Å². The van der Waals surface area contributed by atoms with Crippen LogP contribution in [-0.2, 0) is 143 Å². The number of carbonyl (C=O) groups is 20. The van der Waals surface area contributed by atoms with Crippen molar-refractivity contribution in [1.82, 2.24) is 53.2 Å². The molecule has 0 aromatic heterocycles. The Morgan fingerprint density at radius 2 is 0.259 bits per heavy atom. The predicted molar refractivity (Wildman–Crippen MR) is 503 cm³/mol. The fraction of sp³-hybridized carbons (Fsp3) is 0.647. The van der Waals surface area contributed by atoms with Crippen LogP contribution in [-0.4, -0.2) is 308 Å². The van der Waals surface area contributed by atoms with E-state index in [1.165, 1.54) is 0 Å². The van der Waals surface area contributed by atoms with Gasteiger partial charge in [-0.2, -0.15) is 0 Å². The summed E-state index contributed by atoms with van der Waals surface area (Å²) < 4.78 is 51.0. The standard InChI is InChI=1S/C85H110N10O30S10/c1-116-76(106)46-26-126-127-27-47(77(107)117-2)87-68(98)58-38-13-14-39(22-38)59(58)69(99)89-50(80(110)120-5)30-130-131-31-51(81(111)121-6)91-72(102)62-42-17-18-43(24-42)63(62)73(103)93-54(84(114)124-9)34-134-135-35-55(85(115)125-10)95-75(105)65-45-20-19-44(25-45)64(65)74(104)94-53(83(113)123-8)33-133-132-32-52(82(112)122-7)92-71(101)61-41-16-15-40(23-41)60(61)70(100)90-49(79(109)119-4)29-129-128-28-48(78(108)118-3)88-67(97)57-37-12-11-36(21-37)56(57)66(96)86-46/h11-20,36-65H,21-35H2,1-10H3,(H,86,96)(H,87,98)(H,88,97)(H,89,99)(H,90,100)(H,91,102)(H,92,101)(H,93,103)(H,94,104)(H,95,105). The fourth-order valence-corrected chi connectivity index (χ4v) is 31.1. The lowest BCUT2D eigenvalue weighted by Crippen LogP contribution is -2.52. The van der Waals surface area contributed by atoms with Crippen LogP contribution >= 0.6 is 108 Å². The molecule has 11 rings (SSSR count). The van der Waals surface area contributed by atoms with Gasteiger partial charge in [0.15, 0.2) is 0 Å². The molecule has 0 aromatic carbocycles. The van der Waals surface area contributed by atoms with Gasteiger partial charge in [0.05, 0.1) is 130 Å². The first-order valence-electron chi connectivity index (χ1n) is 43.3. The van der Waals surface area contributed by atoms with Crippen LogP contribution in [0.4, 0.5) is 0 Å². The topological polar surface area (TPSA) is 554 Å². The zero-order valence-electron chi connectivity index (χ0n) is 75.0. The summed E-state index contributed by atoms with van der Waals surface area (Å²) in [5.41, 5.74) is 0. The van der Waals surface area contributed by atoms with E-state index in [2.05, 4.69) is 53.2 Å². The third-order valence-electron chi connectivity index (χ3n) is 26.1. The number of hydrogen-bond acceptors (Lipinski definition) is 40. The van der Waals surface area contributed by atoms with E-state index >= 15 is 0 Å². The van der Waals surface area contributed by atoms with Gasteiger partial charge in [0.1, 0.15) is 60.4 Å². The summed E-state index contributed by atoms with van der Waals surface area (Å²) in [5, 5.41) is 27.4. The van der Waals surface area contributed by atoms with E-state index in [4.69, 9.17) is 47.4 Å². The number of carbonyl (C=O) groups excluding carboxylic acids is 20. The van der Waals surface area contributed by atoms with E-state index in [1.807, 2.05) is 0 Å². The number of ether oxygens (including phenoxy) is 10. The molecule has 740 valence electrons. The van der Waals surface area contributed by atoms with Crippen molar-refractivity contribution >= 4 is 227 Å². The predicted octanol–water partition coefficient (Wildman–Crippen LogP) is 0.676. The highest BCUT2D eigenvalue weighted by atomic mass is 33.1. The summed E-state index contributed by atoms with van der Waals surface area (Å²) in [6, 6.07) is -13.3. The van der Waals surface area contributed by atoms with Crippen LogP contribution in [0.2, 0.25) is 0 Å². The molecular formula is C85H110N10O30S10. The highest BCUT2D eigenvalue weighted by Crippen LogP contribution is 2.54. The number of amides is 10. The molecule has 5 saturated carbocycles. The van der Waals surface area contributed by atoms with E-state index in [-0.39, 0.29) is 57.5 Å². The van der Waals surface area contributed by atoms with Crippen LogP contribution in [0.3, 0.4) is 0 Å². The van der Waals surface area contributed by atoms with Crippen molar-refractivity contribution in [3.63, 3.8) is 0 Å². The van der Waals surface area contributed by atoms with Crippen LogP contribution in [0.25, 0.3) is 0 Å². The molecule has 10 amide bonds. The van der Waals surface area contributed by atoms with Gasteiger partial charge < -0.3 is 101 Å². The maximum atomic E-state index is 14.5. The van der Waals surface area contributed by atoms with Crippen LogP contribution < -0.4 is 53.2 Å². The molecule has 30 unspecified atom stereocenters. The maximum absolute atomic E-state index is 14.5. The molecule has 1 saturated heterocycles. The van der Waals surface area contributed by atoms with Crippen molar-refractivity contribution < 1.29 is 143 Å². The first-order chi connectivity index (χ1) is 64.8. The molecule has 1 aliphatic heterocycles. The highest BCUT2D eigenvalue weighted by Gasteiger charge is 2.59. The number of nitrogens with one attached hydrogen (secondary N) is 10. The quantitative estimate of drug-likeness (QED) is 0.0622. The lowest BCUT2D eigenvalue weighted by Gasteiger charge is -2.29. The molecule has 10 aliphatic carbocycles. The van der Waals surface area contributed by atoms with Crippen molar-refractivity contribution in [3.05, 3.63) is 60.8 Å². The van der Waals surface area contributed by atoms with E-state index in [0.29, 0.717) is 32.1 Å². The number of methoxy groups -OCH3 is 10. The summed E-state index contributed by atoms with van der Waals surface area (Å²) >= 11 is 0. The Hall–Kier alpha value is -8.40. The molecule has 1 heterocycles. The zero-order valence-corrected chi connectivity index (χ0v) is 83.2. The van der Waals surface area contributed by atoms with Gasteiger partial charge in [-0.1, -0.05) is 169 Å². The van der Waals surface area contributed by atoms with E-state index in [1.54, 1.807) is 60.8 Å². The first kappa shape index (κ1) is 107. The van der Waals surface area contributed by atoms with Gasteiger partial charge >= 0.3 is 59.7 Å². The third-order valence-corrected chi connectivity index (χ3v) is 38.2. The Morgan fingerprint density at radius 3 is 0.333 bits per heavy atom. The third kappa shape index (κ3) is 26.0. The molecule has 40 nitrogen and oxygen atoms in total. The lowest BCUT2D eigenvalue weighted by atomic mass is 9.81. The molecule has 10 bridgehead atoms. The van der Waals surface area contributed by atoms with Gasteiger partial charge in [-0.15, -0.1) is 0 Å². The van der Waals surface area contributed by atoms with Crippen LogP contribution in [0.15, 0.2) is 60.8 Å². The molecule has 11 aliphatic rings. The lowest BCUT2D eigenvalue weighted by molar-refractivity contribution is -0.147. The largest absolute Gasteiger partial charge is 0.467 e. The van der Waals surface area contributed by atoms with Crippen LogP contribution in [0, 0.1) is 118 Å². The Morgan fingerprint density at radius 1 is 0.178 bits per heavy atom. The first-order valence-corrected chi connectivity index (χ1v) is 55.7. The van der Waals surface area contributed by atoms with Gasteiger partial charge in [-0.3, -0.25) is 47.9 Å². The number of rotatable bonds is 10. The number of hydrogen-bond donors (Lipinski definition) is 10. The van der Waals surface area contributed by atoms with Crippen molar-refractivity contribution in [2.45, 2.75) is 92.5 Å². The monoisotopic (exact) mass is 2070 g/mol. The highest BCUT2D eigenvalue weighted by molar-refractivity contribution is 8.78. The summed E-state index contributed by atoms with van der Waals surface area (Å²) in [6.45, 7) is 0. The molecule has 0 radical (unpaired) electrons. The normalized spacial score (nSPS) is 35.9. The average molecular weight is 2070 g/mol. The molecule has 30 atom stereocenters. The van der Waals surface area contributed by atoms with E-state index in [9.17, 15) is 95.9 Å². The van der Waals surface area contributed by atoms with Gasteiger partial charge in [0.25, 0.3) is 0 Å². The van der Waals surface area contributed by atoms with Crippen LogP contribution in [0.5, 0.6) is 0 Å². The smallest absolute Gasteiger partial charge is 0.329 e. The molecule has 10 N–H and O–H groups in total. The second-order valence-corrected chi connectivity index (χ2v) is 46.4. The Bertz CT molecular complexity index is 3730. The second-order valence-electron chi connectivity index (χ2n) is 33.7. The zero-order chi connectivity index (χ0) is 97.8. The molecule has 6 fully saturated rings. The van der Waals surface area contributed by atoms with E-state index in [0.717, 1.165) is 179 Å². The van der Waals surface area contributed by atoms with Crippen molar-refractivity contribution in [1.29, 1.82) is 0 Å². The number of esters is 10. The van der Waals surface area contributed by atoms with Gasteiger partial charge in [-0.25, -0.2) is 47.9 Å². The minimum Gasteiger partial charge on any atom is -0.467 e. The number of allylic oxidation sites excluding steroid dienone is 10. The second kappa shape index (κ2) is 50.4. The average Bonchev–Trinajstić information content (AvgIpc) is 1.64. The Kier molecular flexibility index (Phi) is 40.0. The van der Waals surface area contributed by atoms with Gasteiger partial charge in [0, 0.05) is 57.5 Å². The molecular weight excluding hydrogens is 1960 g/mol. The summed E-state index contributed by atoms with van der Waals surface area (Å²) in [5.74, 6) is -32.4. The minimum absolute atomic E-state index is 0.164. The van der Waals surface area contributed by atoms with Gasteiger partial charge in [0.2, 0.25) is 59.1 Å². The van der Waals surface area contributed by atoms with Gasteiger partial charge in [-0.05, 0) is 91.3 Å². The molecule has 50 heteroatoms. The van der Waals surface area contributed by atoms with Crippen molar-refractivity contribution in [2.75, 3.05) is 129 Å². The number of fused-ring (bicyclic) bond motifs is 25.